The van der Waals surface area contributed by atoms with E-state index in [1.54, 1.807) is 13.2 Å². The highest BCUT2D eigenvalue weighted by Gasteiger charge is 2.29. The van der Waals surface area contributed by atoms with Crippen LogP contribution < -0.4 is 10.1 Å². The molecule has 0 bridgehead atoms. The molecule has 6 heteroatoms. The van der Waals surface area contributed by atoms with Gasteiger partial charge >= 0.3 is 5.97 Å². The Hall–Kier alpha value is -1.11. The molecule has 1 aliphatic heterocycles. The number of benzene rings is 1. The molecule has 0 saturated carbocycles. The lowest BCUT2D eigenvalue weighted by atomic mass is 10.0. The number of rotatable bonds is 4. The number of nitrogens with zero attached hydrogens (tertiary/aromatic N) is 1. The summed E-state index contributed by atoms with van der Waals surface area (Å²) in [6, 6.07) is 4.79. The maximum absolute atomic E-state index is 11.7. The molecule has 0 amide bonds. The monoisotopic (exact) mass is 342 g/mol. The van der Waals surface area contributed by atoms with Crippen LogP contribution in [-0.4, -0.2) is 49.3 Å². The van der Waals surface area contributed by atoms with Gasteiger partial charge in [0.15, 0.2) is 0 Å². The van der Waals surface area contributed by atoms with E-state index in [4.69, 9.17) is 4.74 Å². The summed E-state index contributed by atoms with van der Waals surface area (Å²) in [5.74, 6) is -0.164. The topological polar surface area (TPSA) is 61.8 Å². The summed E-state index contributed by atoms with van der Waals surface area (Å²) in [5, 5.41) is 12.9. The maximum atomic E-state index is 11.7. The standard InChI is InChI=1S/C14H19BrN2O3/c1-20-10-3-4-12(15)11(9-10)13(14(18)19)17-7-2-5-16-6-8-17/h3-4,9,13,16H,2,5-8H2,1H3,(H,18,19). The van der Waals surface area contributed by atoms with Crippen molar-refractivity contribution < 1.29 is 14.6 Å². The Morgan fingerprint density at radius 2 is 2.25 bits per heavy atom. The van der Waals surface area contributed by atoms with Crippen molar-refractivity contribution in [1.82, 2.24) is 10.2 Å². The Balaban J connectivity index is 2.34. The van der Waals surface area contributed by atoms with Crippen LogP contribution in [0.2, 0.25) is 0 Å². The van der Waals surface area contributed by atoms with E-state index >= 15 is 0 Å². The highest BCUT2D eigenvalue weighted by atomic mass is 79.9. The summed E-state index contributed by atoms with van der Waals surface area (Å²) >= 11 is 3.45. The lowest BCUT2D eigenvalue weighted by Gasteiger charge is -2.28. The van der Waals surface area contributed by atoms with Crippen LogP contribution in [0.4, 0.5) is 0 Å². The van der Waals surface area contributed by atoms with Gasteiger partial charge in [-0.15, -0.1) is 0 Å². The fourth-order valence-electron chi connectivity index (χ4n) is 2.47. The molecule has 0 radical (unpaired) electrons. The summed E-state index contributed by atoms with van der Waals surface area (Å²) in [4.78, 5) is 13.7. The molecule has 0 aromatic heterocycles. The number of hydrogen-bond donors (Lipinski definition) is 2. The second-order valence-electron chi connectivity index (χ2n) is 4.77. The Kier molecular flexibility index (Phi) is 5.39. The molecule has 1 aliphatic rings. The van der Waals surface area contributed by atoms with Crippen LogP contribution in [-0.2, 0) is 4.79 Å². The zero-order chi connectivity index (χ0) is 14.5. The minimum absolute atomic E-state index is 0.653. The first kappa shape index (κ1) is 15.3. The first-order chi connectivity index (χ1) is 9.63. The van der Waals surface area contributed by atoms with Crippen LogP contribution in [0.3, 0.4) is 0 Å². The van der Waals surface area contributed by atoms with Gasteiger partial charge in [0.25, 0.3) is 0 Å². The van der Waals surface area contributed by atoms with E-state index in [-0.39, 0.29) is 0 Å². The van der Waals surface area contributed by atoms with E-state index in [9.17, 15) is 9.90 Å². The average Bonchev–Trinajstić information content (AvgIpc) is 2.70. The third kappa shape index (κ3) is 3.50. The van der Waals surface area contributed by atoms with Crippen LogP contribution >= 0.6 is 15.9 Å². The van der Waals surface area contributed by atoms with Crippen molar-refractivity contribution in [3.05, 3.63) is 28.2 Å². The van der Waals surface area contributed by atoms with Crippen molar-refractivity contribution in [2.45, 2.75) is 12.5 Å². The number of carboxylic acids is 1. The van der Waals surface area contributed by atoms with Gasteiger partial charge in [-0.05, 0) is 36.7 Å². The number of hydrogen-bond acceptors (Lipinski definition) is 4. The zero-order valence-electron chi connectivity index (χ0n) is 11.4. The van der Waals surface area contributed by atoms with E-state index in [1.165, 1.54) is 0 Å². The Labute approximate surface area is 127 Å². The third-order valence-electron chi connectivity index (χ3n) is 3.47. The molecule has 1 saturated heterocycles. The first-order valence-corrected chi connectivity index (χ1v) is 7.44. The van der Waals surface area contributed by atoms with Gasteiger partial charge in [-0.2, -0.15) is 0 Å². The molecule has 1 atom stereocenters. The SMILES string of the molecule is COc1ccc(Br)c(C(C(=O)O)N2CCCNCC2)c1. The summed E-state index contributed by atoms with van der Waals surface area (Å²) in [5.41, 5.74) is 0.735. The minimum atomic E-state index is -0.833. The fourth-order valence-corrected chi connectivity index (χ4v) is 2.93. The smallest absolute Gasteiger partial charge is 0.325 e. The second-order valence-corrected chi connectivity index (χ2v) is 5.62. The van der Waals surface area contributed by atoms with Gasteiger partial charge in [0, 0.05) is 24.1 Å². The van der Waals surface area contributed by atoms with Crippen molar-refractivity contribution in [3.63, 3.8) is 0 Å². The summed E-state index contributed by atoms with van der Waals surface area (Å²) in [7, 11) is 1.58. The Morgan fingerprint density at radius 1 is 1.45 bits per heavy atom. The van der Waals surface area contributed by atoms with E-state index < -0.39 is 12.0 Å². The molecular weight excluding hydrogens is 324 g/mol. The Bertz CT molecular complexity index is 473. The van der Waals surface area contributed by atoms with Crippen LogP contribution in [0.25, 0.3) is 0 Å². The van der Waals surface area contributed by atoms with Gasteiger partial charge in [-0.1, -0.05) is 15.9 Å². The molecule has 1 aromatic rings. The molecular formula is C14H19BrN2O3. The second kappa shape index (κ2) is 7.06. The molecule has 1 aromatic carbocycles. The first-order valence-electron chi connectivity index (χ1n) is 6.64. The minimum Gasteiger partial charge on any atom is -0.497 e. The lowest BCUT2D eigenvalue weighted by molar-refractivity contribution is -0.143. The van der Waals surface area contributed by atoms with E-state index in [1.807, 2.05) is 17.0 Å². The van der Waals surface area contributed by atoms with Crippen LogP contribution in [0, 0.1) is 0 Å². The molecule has 0 aliphatic carbocycles. The predicted molar refractivity (Wildman–Crippen MR) is 80.1 cm³/mol. The average molecular weight is 343 g/mol. The molecule has 1 fully saturated rings. The molecule has 5 nitrogen and oxygen atoms in total. The largest absolute Gasteiger partial charge is 0.497 e. The molecule has 110 valence electrons. The van der Waals surface area contributed by atoms with Crippen LogP contribution in [0.5, 0.6) is 5.75 Å². The number of carboxylic acid groups (broad SMARTS) is 1. The molecule has 0 spiro atoms. The summed E-state index contributed by atoms with van der Waals surface area (Å²) < 4.78 is 6.00. The zero-order valence-corrected chi connectivity index (χ0v) is 13.0. The van der Waals surface area contributed by atoms with E-state index in [0.717, 1.165) is 42.6 Å². The number of nitrogens with one attached hydrogen (secondary N) is 1. The van der Waals surface area contributed by atoms with Gasteiger partial charge in [-0.25, -0.2) is 0 Å². The fraction of sp³-hybridized carbons (Fsp3) is 0.500. The molecule has 2 rings (SSSR count). The highest BCUT2D eigenvalue weighted by molar-refractivity contribution is 9.10. The normalized spacial score (nSPS) is 18.3. The Morgan fingerprint density at radius 3 is 2.95 bits per heavy atom. The molecule has 1 unspecified atom stereocenters. The number of carbonyl (C=O) groups is 1. The summed E-state index contributed by atoms with van der Waals surface area (Å²) in [6.07, 6.45) is 0.950. The van der Waals surface area contributed by atoms with Gasteiger partial charge in [-0.3, -0.25) is 9.69 Å². The summed E-state index contributed by atoms with van der Waals surface area (Å²) in [6.45, 7) is 3.24. The van der Waals surface area contributed by atoms with Crippen molar-refractivity contribution in [2.24, 2.45) is 0 Å². The van der Waals surface area contributed by atoms with Crippen LogP contribution in [0.15, 0.2) is 22.7 Å². The van der Waals surface area contributed by atoms with Gasteiger partial charge < -0.3 is 15.2 Å². The number of aliphatic carboxylic acids is 1. The third-order valence-corrected chi connectivity index (χ3v) is 4.19. The maximum Gasteiger partial charge on any atom is 0.325 e. The quantitative estimate of drug-likeness (QED) is 0.874. The molecule has 1 heterocycles. The predicted octanol–water partition coefficient (Wildman–Crippen LogP) is 1.88. The van der Waals surface area contributed by atoms with Crippen molar-refractivity contribution in [1.29, 1.82) is 0 Å². The van der Waals surface area contributed by atoms with Gasteiger partial charge in [0.05, 0.1) is 7.11 Å². The van der Waals surface area contributed by atoms with Crippen LogP contribution in [0.1, 0.15) is 18.0 Å². The van der Waals surface area contributed by atoms with Crippen molar-refractivity contribution in [2.75, 3.05) is 33.3 Å². The molecule has 20 heavy (non-hydrogen) atoms. The van der Waals surface area contributed by atoms with Crippen molar-refractivity contribution >= 4 is 21.9 Å². The lowest BCUT2D eigenvalue weighted by Crippen LogP contribution is -2.36. The van der Waals surface area contributed by atoms with E-state index in [2.05, 4.69) is 21.2 Å². The number of halogens is 1. The van der Waals surface area contributed by atoms with E-state index in [0.29, 0.717) is 5.75 Å². The number of methoxy groups -OCH3 is 1. The highest BCUT2D eigenvalue weighted by Crippen LogP contribution is 2.31. The van der Waals surface area contributed by atoms with Crippen molar-refractivity contribution in [3.8, 4) is 5.75 Å². The number of ether oxygens (including phenoxy) is 1. The van der Waals surface area contributed by atoms with Gasteiger partial charge in [0.1, 0.15) is 11.8 Å². The molecule has 2 N–H and O–H groups in total. The van der Waals surface area contributed by atoms with Gasteiger partial charge in [0.2, 0.25) is 0 Å².